The van der Waals surface area contributed by atoms with Crippen molar-refractivity contribution < 1.29 is 31.1 Å². The molecule has 1 rings (SSSR count). The van der Waals surface area contributed by atoms with Crippen molar-refractivity contribution in [2.45, 2.75) is 19.0 Å². The fourth-order valence-electron chi connectivity index (χ4n) is 0.976. The Kier molecular flexibility index (Phi) is 3.77. The van der Waals surface area contributed by atoms with Gasteiger partial charge in [-0.25, -0.2) is 8.78 Å². The van der Waals surface area contributed by atoms with Crippen LogP contribution in [-0.4, -0.2) is 17.8 Å². The average molecular weight is 275 g/mol. The van der Waals surface area contributed by atoms with Crippen molar-refractivity contribution in [1.29, 1.82) is 0 Å². The van der Waals surface area contributed by atoms with E-state index in [2.05, 4.69) is 9.72 Å². The summed E-state index contributed by atoms with van der Waals surface area (Å²) >= 11 is 0. The van der Waals surface area contributed by atoms with Crippen LogP contribution in [0.3, 0.4) is 0 Å². The molecule has 0 saturated carbocycles. The monoisotopic (exact) mass is 275 g/mol. The van der Waals surface area contributed by atoms with Gasteiger partial charge < -0.3 is 16.2 Å². The van der Waals surface area contributed by atoms with Crippen LogP contribution in [0.5, 0.6) is 5.88 Å². The van der Waals surface area contributed by atoms with Crippen molar-refractivity contribution in [3.63, 3.8) is 0 Å². The molecule has 0 radical (unpaired) electrons. The number of alkyl halides is 6. The van der Waals surface area contributed by atoms with E-state index in [0.717, 1.165) is 0 Å². The van der Waals surface area contributed by atoms with Gasteiger partial charge in [0, 0.05) is 0 Å². The lowest BCUT2D eigenvalue weighted by Crippen LogP contribution is -2.23. The molecule has 0 aliphatic heterocycles. The molecule has 0 bridgehead atoms. The van der Waals surface area contributed by atoms with Gasteiger partial charge in [0.2, 0.25) is 5.88 Å². The number of hydrogen-bond acceptors (Lipinski definition) is 4. The quantitative estimate of drug-likeness (QED) is 0.829. The normalized spacial score (nSPS) is 13.7. The van der Waals surface area contributed by atoms with Crippen LogP contribution in [0.25, 0.3) is 0 Å². The fraction of sp³-hybridized carbons (Fsp3) is 0.375. The van der Waals surface area contributed by atoms with Crippen LogP contribution in [0, 0.1) is 0 Å². The maximum absolute atomic E-state index is 12.6. The molecule has 1 aromatic heterocycles. The van der Waals surface area contributed by atoms with Gasteiger partial charge in [-0.2, -0.15) is 22.5 Å². The van der Waals surface area contributed by atoms with Gasteiger partial charge in [-0.1, -0.05) is 0 Å². The summed E-state index contributed by atoms with van der Waals surface area (Å²) in [6, 6.07) is 0.329. The zero-order chi connectivity index (χ0) is 14.1. The molecular weight excluding hydrogens is 268 g/mol. The topological polar surface area (TPSA) is 74.2 Å². The van der Waals surface area contributed by atoms with Gasteiger partial charge in [0.05, 0.1) is 5.69 Å². The number of nitrogens with two attached hydrogens (primary N) is 2. The predicted octanol–water partition coefficient (Wildman–Crippen LogP) is 2.20. The molecule has 0 aromatic carbocycles. The maximum Gasteiger partial charge on any atom is 0.421 e. The Morgan fingerprint density at radius 1 is 1.17 bits per heavy atom. The Labute approximate surface area is 96.5 Å². The molecule has 18 heavy (non-hydrogen) atoms. The van der Waals surface area contributed by atoms with Crippen LogP contribution in [0.4, 0.5) is 37.8 Å². The fourth-order valence-corrected chi connectivity index (χ4v) is 0.976. The molecule has 1 aromatic rings. The molecule has 1 heterocycles. The van der Waals surface area contributed by atoms with E-state index >= 15 is 0 Å². The van der Waals surface area contributed by atoms with Gasteiger partial charge in [-0.3, -0.25) is 0 Å². The molecule has 0 aliphatic rings. The molecule has 4 N–H and O–H groups in total. The predicted molar refractivity (Wildman–Crippen MR) is 49.6 cm³/mol. The van der Waals surface area contributed by atoms with Gasteiger partial charge in [0.15, 0.2) is 5.82 Å². The van der Waals surface area contributed by atoms with E-state index in [-0.39, 0.29) is 0 Å². The third-order valence-electron chi connectivity index (χ3n) is 1.78. The van der Waals surface area contributed by atoms with Gasteiger partial charge in [0.1, 0.15) is 5.56 Å². The summed E-state index contributed by atoms with van der Waals surface area (Å²) in [5.41, 5.74) is 8.07. The van der Waals surface area contributed by atoms with Crippen molar-refractivity contribution >= 4 is 11.5 Å². The molecule has 102 valence electrons. The number of aromatic nitrogens is 1. The molecule has 0 spiro atoms. The Morgan fingerprint density at radius 2 is 1.72 bits per heavy atom. The van der Waals surface area contributed by atoms with E-state index in [1.165, 1.54) is 0 Å². The zero-order valence-electron chi connectivity index (χ0n) is 8.51. The summed E-state index contributed by atoms with van der Waals surface area (Å²) < 4.78 is 77.5. The second-order valence-electron chi connectivity index (χ2n) is 3.12. The summed E-state index contributed by atoms with van der Waals surface area (Å²) in [6.07, 6.45) is -11.9. The van der Waals surface area contributed by atoms with Crippen molar-refractivity contribution in [1.82, 2.24) is 4.98 Å². The average Bonchev–Trinajstić information content (AvgIpc) is 2.21. The molecule has 10 heteroatoms. The van der Waals surface area contributed by atoms with E-state index in [9.17, 15) is 26.3 Å². The Morgan fingerprint density at radius 3 is 2.17 bits per heavy atom. The second-order valence-corrected chi connectivity index (χ2v) is 3.12. The summed E-state index contributed by atoms with van der Waals surface area (Å²) in [6.45, 7) is 0. The minimum atomic E-state index is -4.99. The van der Waals surface area contributed by atoms with Crippen LogP contribution in [0.1, 0.15) is 5.56 Å². The van der Waals surface area contributed by atoms with Crippen molar-refractivity contribution in [3.8, 4) is 5.88 Å². The van der Waals surface area contributed by atoms with Gasteiger partial charge in [0.25, 0.3) is 6.36 Å². The highest BCUT2D eigenvalue weighted by molar-refractivity contribution is 5.61. The first-order valence-corrected chi connectivity index (χ1v) is 4.35. The number of nitrogen functional groups attached to an aromatic ring is 2. The van der Waals surface area contributed by atoms with E-state index in [0.29, 0.717) is 6.07 Å². The van der Waals surface area contributed by atoms with Crippen LogP contribution >= 0.6 is 0 Å². The minimum absolute atomic E-state index is 0.329. The third-order valence-corrected chi connectivity index (χ3v) is 1.78. The van der Waals surface area contributed by atoms with E-state index < -0.39 is 41.9 Å². The Balaban J connectivity index is 3.20. The highest BCUT2D eigenvalue weighted by Crippen LogP contribution is 2.38. The third kappa shape index (κ3) is 3.08. The molecule has 0 fully saturated rings. The Hall–Kier alpha value is -1.87. The Bertz CT molecular complexity index is 436. The van der Waals surface area contributed by atoms with Crippen LogP contribution in [0.15, 0.2) is 6.07 Å². The minimum Gasteiger partial charge on any atom is -0.436 e. The maximum atomic E-state index is 12.6. The van der Waals surface area contributed by atoms with Gasteiger partial charge in [-0.05, 0) is 6.07 Å². The van der Waals surface area contributed by atoms with Crippen molar-refractivity contribution in [2.24, 2.45) is 0 Å². The standard InChI is InChI=1S/C8H7F6N3O/c9-4(10)5(11)18-7-2(8(12,13)14)1-3(15)6(16)17-7/h1,4-5H,15H2,(H2,16,17). The van der Waals surface area contributed by atoms with Crippen molar-refractivity contribution in [2.75, 3.05) is 11.5 Å². The number of rotatable bonds is 3. The number of hydrogen-bond donors (Lipinski definition) is 2. The largest absolute Gasteiger partial charge is 0.436 e. The molecule has 0 amide bonds. The highest BCUT2D eigenvalue weighted by Gasteiger charge is 2.37. The molecular formula is C8H7F6N3O. The van der Waals surface area contributed by atoms with E-state index in [1.54, 1.807) is 0 Å². The SMILES string of the molecule is Nc1cc(C(F)(F)F)c(OC(F)C(F)F)nc1N. The molecule has 0 aliphatic carbocycles. The molecule has 1 atom stereocenters. The lowest BCUT2D eigenvalue weighted by molar-refractivity contribution is -0.142. The number of ether oxygens (including phenoxy) is 1. The van der Waals surface area contributed by atoms with E-state index in [1.807, 2.05) is 0 Å². The van der Waals surface area contributed by atoms with Gasteiger partial charge >= 0.3 is 12.6 Å². The van der Waals surface area contributed by atoms with E-state index in [4.69, 9.17) is 11.5 Å². The lowest BCUT2D eigenvalue weighted by Gasteiger charge is -2.16. The first-order valence-electron chi connectivity index (χ1n) is 4.35. The summed E-state index contributed by atoms with van der Waals surface area (Å²) in [4.78, 5) is 3.00. The highest BCUT2D eigenvalue weighted by atomic mass is 19.4. The summed E-state index contributed by atoms with van der Waals surface area (Å²) in [5.74, 6) is -1.97. The first kappa shape index (κ1) is 14.2. The molecule has 1 unspecified atom stereocenters. The zero-order valence-corrected chi connectivity index (χ0v) is 8.51. The number of nitrogens with zero attached hydrogens (tertiary/aromatic N) is 1. The van der Waals surface area contributed by atoms with Crippen molar-refractivity contribution in [3.05, 3.63) is 11.6 Å². The van der Waals surface area contributed by atoms with Crippen LogP contribution in [0.2, 0.25) is 0 Å². The second kappa shape index (κ2) is 4.78. The molecule has 0 saturated heterocycles. The van der Waals surface area contributed by atoms with Crippen LogP contribution < -0.4 is 16.2 Å². The van der Waals surface area contributed by atoms with Crippen LogP contribution in [-0.2, 0) is 6.18 Å². The smallest absolute Gasteiger partial charge is 0.421 e. The number of halogens is 6. The first-order chi connectivity index (χ1) is 8.12. The number of pyridine rings is 1. The van der Waals surface area contributed by atoms with Gasteiger partial charge in [-0.15, -0.1) is 0 Å². The molecule has 4 nitrogen and oxygen atoms in total. The summed E-state index contributed by atoms with van der Waals surface area (Å²) in [5, 5.41) is 0. The lowest BCUT2D eigenvalue weighted by atomic mass is 10.2. The number of anilines is 2. The summed E-state index contributed by atoms with van der Waals surface area (Å²) in [7, 11) is 0.